The first kappa shape index (κ1) is 15.0. The van der Waals surface area contributed by atoms with E-state index in [2.05, 4.69) is 31.1 Å². The predicted molar refractivity (Wildman–Crippen MR) is 75.0 cm³/mol. The lowest BCUT2D eigenvalue weighted by Crippen LogP contribution is -2.27. The summed E-state index contributed by atoms with van der Waals surface area (Å²) in [6, 6.07) is 3.39. The van der Waals surface area contributed by atoms with Gasteiger partial charge in [-0.25, -0.2) is 4.98 Å². The van der Waals surface area contributed by atoms with E-state index >= 15 is 0 Å². The van der Waals surface area contributed by atoms with Crippen LogP contribution in [0.15, 0.2) is 12.1 Å². The highest BCUT2D eigenvalue weighted by molar-refractivity contribution is 6.29. The Labute approximate surface area is 114 Å². The smallest absolute Gasteiger partial charge is 0.251 e. The lowest BCUT2D eigenvalue weighted by Gasteiger charge is -2.18. The van der Waals surface area contributed by atoms with Gasteiger partial charge in [-0.1, -0.05) is 39.3 Å². The van der Waals surface area contributed by atoms with E-state index in [0.717, 1.165) is 18.5 Å². The van der Waals surface area contributed by atoms with Gasteiger partial charge in [-0.3, -0.25) is 4.79 Å². The molecule has 0 spiro atoms. The maximum Gasteiger partial charge on any atom is 0.251 e. The van der Waals surface area contributed by atoms with Crippen LogP contribution in [-0.4, -0.2) is 17.4 Å². The van der Waals surface area contributed by atoms with E-state index in [-0.39, 0.29) is 11.3 Å². The quantitative estimate of drug-likeness (QED) is 0.850. The number of amides is 1. The van der Waals surface area contributed by atoms with Gasteiger partial charge in [0.25, 0.3) is 5.91 Å². The first-order valence-electron chi connectivity index (χ1n) is 6.26. The molecule has 0 fully saturated rings. The number of halogens is 1. The summed E-state index contributed by atoms with van der Waals surface area (Å²) in [7, 11) is 0. The first-order chi connectivity index (χ1) is 8.31. The molecular formula is C14H21ClN2O. The normalized spacial score (nSPS) is 11.4. The molecule has 1 amide bonds. The zero-order valence-electron chi connectivity index (χ0n) is 11.5. The highest BCUT2D eigenvalue weighted by atomic mass is 35.5. The number of nitrogens with one attached hydrogen (secondary N) is 1. The van der Waals surface area contributed by atoms with E-state index in [1.165, 1.54) is 0 Å². The molecule has 18 heavy (non-hydrogen) atoms. The number of nitrogens with zero attached hydrogens (tertiary/aromatic N) is 1. The summed E-state index contributed by atoms with van der Waals surface area (Å²) >= 11 is 5.89. The highest BCUT2D eigenvalue weighted by Crippen LogP contribution is 2.17. The van der Waals surface area contributed by atoms with Gasteiger partial charge in [-0.2, -0.15) is 0 Å². The number of pyridine rings is 1. The van der Waals surface area contributed by atoms with Gasteiger partial charge in [-0.15, -0.1) is 0 Å². The molecule has 1 aromatic rings. The van der Waals surface area contributed by atoms with Crippen LogP contribution in [0.25, 0.3) is 0 Å². The summed E-state index contributed by atoms with van der Waals surface area (Å²) in [5, 5.41) is 3.28. The maximum atomic E-state index is 12.0. The van der Waals surface area contributed by atoms with Gasteiger partial charge in [0.15, 0.2) is 0 Å². The zero-order valence-corrected chi connectivity index (χ0v) is 12.3. The molecule has 0 aliphatic rings. The molecule has 0 atom stereocenters. The Balaban J connectivity index is 2.64. The van der Waals surface area contributed by atoms with Crippen LogP contribution in [0.5, 0.6) is 0 Å². The Morgan fingerprint density at radius 2 is 2.06 bits per heavy atom. The SMILES string of the molecule is CCc1cc(C(=O)NCCC(C)(C)C)cc(Cl)n1. The van der Waals surface area contributed by atoms with E-state index < -0.39 is 0 Å². The van der Waals surface area contributed by atoms with Crippen molar-refractivity contribution in [3.63, 3.8) is 0 Å². The number of aromatic nitrogens is 1. The third-order valence-electron chi connectivity index (χ3n) is 2.63. The van der Waals surface area contributed by atoms with Gasteiger partial charge in [0.2, 0.25) is 0 Å². The second kappa shape index (κ2) is 6.19. The van der Waals surface area contributed by atoms with Gasteiger partial charge in [0.05, 0.1) is 0 Å². The van der Waals surface area contributed by atoms with Crippen LogP contribution in [0.2, 0.25) is 5.15 Å². The number of hydrogen-bond acceptors (Lipinski definition) is 2. The second-order valence-corrected chi connectivity index (χ2v) is 5.98. The molecule has 1 aromatic heterocycles. The molecular weight excluding hydrogens is 248 g/mol. The molecule has 0 aliphatic heterocycles. The van der Waals surface area contributed by atoms with Crippen LogP contribution < -0.4 is 5.32 Å². The zero-order chi connectivity index (χ0) is 13.8. The average molecular weight is 269 g/mol. The minimum atomic E-state index is -0.0850. The molecule has 4 heteroatoms. The van der Waals surface area contributed by atoms with Crippen LogP contribution >= 0.6 is 11.6 Å². The van der Waals surface area contributed by atoms with Crippen molar-refractivity contribution in [1.82, 2.24) is 10.3 Å². The van der Waals surface area contributed by atoms with E-state index in [4.69, 9.17) is 11.6 Å². The first-order valence-corrected chi connectivity index (χ1v) is 6.64. The summed E-state index contributed by atoms with van der Waals surface area (Å²) in [4.78, 5) is 16.1. The molecule has 0 saturated heterocycles. The van der Waals surface area contributed by atoms with Crippen LogP contribution in [0.3, 0.4) is 0 Å². The third-order valence-corrected chi connectivity index (χ3v) is 2.83. The van der Waals surface area contributed by atoms with E-state index in [1.807, 2.05) is 6.92 Å². The summed E-state index contributed by atoms with van der Waals surface area (Å²) in [5.74, 6) is -0.0850. The van der Waals surface area contributed by atoms with Crippen LogP contribution in [0.1, 0.15) is 50.2 Å². The molecule has 0 aromatic carbocycles. The fourth-order valence-electron chi connectivity index (χ4n) is 1.52. The molecule has 100 valence electrons. The number of rotatable bonds is 4. The van der Waals surface area contributed by atoms with E-state index in [9.17, 15) is 4.79 Å². The monoisotopic (exact) mass is 268 g/mol. The van der Waals surface area contributed by atoms with Gasteiger partial charge in [0.1, 0.15) is 5.15 Å². The Morgan fingerprint density at radius 1 is 1.39 bits per heavy atom. The number of carbonyl (C=O) groups excluding carboxylic acids is 1. The molecule has 0 radical (unpaired) electrons. The topological polar surface area (TPSA) is 42.0 Å². The minimum Gasteiger partial charge on any atom is -0.352 e. The number of aryl methyl sites for hydroxylation is 1. The van der Waals surface area contributed by atoms with E-state index in [0.29, 0.717) is 17.3 Å². The van der Waals surface area contributed by atoms with E-state index in [1.54, 1.807) is 12.1 Å². The summed E-state index contributed by atoms with van der Waals surface area (Å²) < 4.78 is 0. The van der Waals surface area contributed by atoms with Crippen molar-refractivity contribution in [2.45, 2.75) is 40.5 Å². The van der Waals surface area contributed by atoms with Crippen molar-refractivity contribution in [2.24, 2.45) is 5.41 Å². The molecule has 3 nitrogen and oxygen atoms in total. The Kier molecular flexibility index (Phi) is 5.15. The standard InChI is InChI=1S/C14H21ClN2O/c1-5-11-8-10(9-12(15)17-11)13(18)16-7-6-14(2,3)4/h8-9H,5-7H2,1-4H3,(H,16,18). The Hall–Kier alpha value is -1.09. The molecule has 1 N–H and O–H groups in total. The Bertz CT molecular complexity index is 424. The van der Waals surface area contributed by atoms with Gasteiger partial charge < -0.3 is 5.32 Å². The molecule has 0 aliphatic carbocycles. The number of hydrogen-bond donors (Lipinski definition) is 1. The lowest BCUT2D eigenvalue weighted by atomic mass is 9.92. The molecule has 1 heterocycles. The van der Waals surface area contributed by atoms with Crippen LogP contribution in [0.4, 0.5) is 0 Å². The fraction of sp³-hybridized carbons (Fsp3) is 0.571. The Morgan fingerprint density at radius 3 is 2.61 bits per heavy atom. The van der Waals surface area contributed by atoms with Crippen molar-refractivity contribution in [2.75, 3.05) is 6.54 Å². The highest BCUT2D eigenvalue weighted by Gasteiger charge is 2.12. The fourth-order valence-corrected chi connectivity index (χ4v) is 1.74. The predicted octanol–water partition coefficient (Wildman–Crippen LogP) is 3.46. The van der Waals surface area contributed by atoms with Gasteiger partial charge in [0, 0.05) is 17.8 Å². The minimum absolute atomic E-state index is 0.0850. The molecule has 1 rings (SSSR count). The van der Waals surface area contributed by atoms with Crippen molar-refractivity contribution in [3.05, 3.63) is 28.5 Å². The second-order valence-electron chi connectivity index (χ2n) is 5.59. The largest absolute Gasteiger partial charge is 0.352 e. The summed E-state index contributed by atoms with van der Waals surface area (Å²) in [5.41, 5.74) is 1.64. The van der Waals surface area contributed by atoms with Crippen molar-refractivity contribution < 1.29 is 4.79 Å². The van der Waals surface area contributed by atoms with Crippen LogP contribution in [-0.2, 0) is 6.42 Å². The maximum absolute atomic E-state index is 12.0. The van der Waals surface area contributed by atoms with Crippen molar-refractivity contribution in [1.29, 1.82) is 0 Å². The third kappa shape index (κ3) is 5.05. The van der Waals surface area contributed by atoms with Gasteiger partial charge >= 0.3 is 0 Å². The lowest BCUT2D eigenvalue weighted by molar-refractivity contribution is 0.0949. The number of carbonyl (C=O) groups is 1. The average Bonchev–Trinajstić information content (AvgIpc) is 2.26. The van der Waals surface area contributed by atoms with Crippen molar-refractivity contribution >= 4 is 17.5 Å². The molecule has 0 bridgehead atoms. The summed E-state index contributed by atoms with van der Waals surface area (Å²) in [6.07, 6.45) is 1.71. The molecule has 0 saturated carbocycles. The van der Waals surface area contributed by atoms with Crippen molar-refractivity contribution in [3.8, 4) is 0 Å². The summed E-state index contributed by atoms with van der Waals surface area (Å²) in [6.45, 7) is 9.11. The molecule has 0 unspecified atom stereocenters. The van der Waals surface area contributed by atoms with Gasteiger partial charge in [-0.05, 0) is 30.4 Å². The van der Waals surface area contributed by atoms with Crippen LogP contribution in [0, 0.1) is 5.41 Å².